The van der Waals surface area contributed by atoms with Gasteiger partial charge in [0.2, 0.25) is 5.79 Å². The van der Waals surface area contributed by atoms with Crippen molar-refractivity contribution < 1.29 is 14.9 Å². The number of hydrogen-bond donors (Lipinski definition) is 2. The first-order chi connectivity index (χ1) is 5.00. The molecule has 1 aliphatic carbocycles. The highest BCUT2D eigenvalue weighted by Gasteiger charge is 2.68. The van der Waals surface area contributed by atoms with Crippen molar-refractivity contribution in [1.29, 1.82) is 0 Å². The SMILES string of the molecule is CC1=C(O)C=CC2(O)OC12C. The molecule has 1 aliphatic heterocycles. The molecule has 1 saturated heterocycles. The molecule has 60 valence electrons. The lowest BCUT2D eigenvalue weighted by Crippen LogP contribution is -2.25. The van der Waals surface area contributed by atoms with E-state index in [4.69, 9.17) is 4.74 Å². The van der Waals surface area contributed by atoms with Crippen LogP contribution in [-0.4, -0.2) is 21.6 Å². The lowest BCUT2D eigenvalue weighted by atomic mass is 9.91. The molecule has 2 unspecified atom stereocenters. The van der Waals surface area contributed by atoms with Crippen LogP contribution in [0.5, 0.6) is 0 Å². The van der Waals surface area contributed by atoms with E-state index in [2.05, 4.69) is 0 Å². The number of hydrogen-bond acceptors (Lipinski definition) is 3. The molecule has 1 fully saturated rings. The summed E-state index contributed by atoms with van der Waals surface area (Å²) in [6.45, 7) is 3.50. The Bertz CT molecular complexity index is 279. The topological polar surface area (TPSA) is 53.0 Å². The minimum Gasteiger partial charge on any atom is -0.508 e. The molecule has 0 aromatic carbocycles. The molecule has 0 aromatic heterocycles. The van der Waals surface area contributed by atoms with E-state index >= 15 is 0 Å². The van der Waals surface area contributed by atoms with Gasteiger partial charge in [0.1, 0.15) is 5.76 Å². The molecule has 0 bridgehead atoms. The summed E-state index contributed by atoms with van der Waals surface area (Å²) in [7, 11) is 0. The number of ether oxygens (including phenoxy) is 1. The number of aliphatic hydroxyl groups excluding tert-OH is 1. The van der Waals surface area contributed by atoms with E-state index < -0.39 is 11.4 Å². The maximum absolute atomic E-state index is 9.54. The molecule has 3 nitrogen and oxygen atoms in total. The quantitative estimate of drug-likeness (QED) is 0.509. The largest absolute Gasteiger partial charge is 0.508 e. The van der Waals surface area contributed by atoms with Gasteiger partial charge < -0.3 is 14.9 Å². The normalized spacial score (nSPS) is 47.5. The smallest absolute Gasteiger partial charge is 0.220 e. The molecular weight excluding hydrogens is 144 g/mol. The zero-order valence-corrected chi connectivity index (χ0v) is 6.46. The first-order valence-corrected chi connectivity index (χ1v) is 3.52. The summed E-state index contributed by atoms with van der Waals surface area (Å²) < 4.78 is 5.09. The van der Waals surface area contributed by atoms with Crippen LogP contribution in [0.15, 0.2) is 23.5 Å². The molecule has 0 radical (unpaired) electrons. The first kappa shape index (κ1) is 6.88. The van der Waals surface area contributed by atoms with Crippen LogP contribution in [0.1, 0.15) is 13.8 Å². The van der Waals surface area contributed by atoms with E-state index in [1.807, 2.05) is 0 Å². The Morgan fingerprint density at radius 3 is 2.73 bits per heavy atom. The molecule has 1 heterocycles. The lowest BCUT2D eigenvalue weighted by molar-refractivity contribution is 0.0822. The van der Waals surface area contributed by atoms with Gasteiger partial charge in [-0.1, -0.05) is 0 Å². The second kappa shape index (κ2) is 1.52. The Hall–Kier alpha value is -0.800. The summed E-state index contributed by atoms with van der Waals surface area (Å²) >= 11 is 0. The van der Waals surface area contributed by atoms with E-state index in [1.54, 1.807) is 13.8 Å². The Balaban J connectivity index is 2.49. The van der Waals surface area contributed by atoms with Crippen LogP contribution < -0.4 is 0 Å². The number of fused-ring (bicyclic) bond motifs is 1. The molecule has 2 rings (SSSR count). The third kappa shape index (κ3) is 0.600. The average Bonchev–Trinajstić information content (AvgIpc) is 2.50. The number of allylic oxidation sites excluding steroid dienone is 1. The summed E-state index contributed by atoms with van der Waals surface area (Å²) in [5.41, 5.74) is -0.00579. The third-order valence-electron chi connectivity index (χ3n) is 2.57. The van der Waals surface area contributed by atoms with E-state index in [0.717, 1.165) is 0 Å². The maximum Gasteiger partial charge on any atom is 0.220 e. The number of aliphatic hydroxyl groups is 2. The summed E-state index contributed by atoms with van der Waals surface area (Å²) in [6, 6.07) is 0. The Kier molecular flexibility index (Phi) is 0.949. The third-order valence-corrected chi connectivity index (χ3v) is 2.57. The Morgan fingerprint density at radius 2 is 2.18 bits per heavy atom. The zero-order valence-electron chi connectivity index (χ0n) is 6.46. The molecule has 0 spiro atoms. The number of epoxide rings is 1. The van der Waals surface area contributed by atoms with Gasteiger partial charge in [0.25, 0.3) is 0 Å². The van der Waals surface area contributed by atoms with E-state index in [-0.39, 0.29) is 5.76 Å². The fourth-order valence-electron chi connectivity index (χ4n) is 1.39. The fourth-order valence-corrected chi connectivity index (χ4v) is 1.39. The highest BCUT2D eigenvalue weighted by atomic mass is 16.7. The fraction of sp³-hybridized carbons (Fsp3) is 0.500. The van der Waals surface area contributed by atoms with Crippen molar-refractivity contribution >= 4 is 0 Å². The van der Waals surface area contributed by atoms with Crippen LogP contribution in [0.2, 0.25) is 0 Å². The van der Waals surface area contributed by atoms with Gasteiger partial charge in [0, 0.05) is 5.57 Å². The zero-order chi connectivity index (χ0) is 8.28. The summed E-state index contributed by atoms with van der Waals surface area (Å²) in [5.74, 6) is -0.974. The predicted molar refractivity (Wildman–Crippen MR) is 38.9 cm³/mol. The maximum atomic E-state index is 9.54. The van der Waals surface area contributed by atoms with Gasteiger partial charge in [-0.15, -0.1) is 0 Å². The van der Waals surface area contributed by atoms with Crippen molar-refractivity contribution in [3.8, 4) is 0 Å². The summed E-state index contributed by atoms with van der Waals surface area (Å²) in [5, 5.41) is 18.8. The second-order valence-corrected chi connectivity index (χ2v) is 3.18. The highest BCUT2D eigenvalue weighted by molar-refractivity contribution is 5.42. The van der Waals surface area contributed by atoms with Gasteiger partial charge in [0.15, 0.2) is 5.60 Å². The monoisotopic (exact) mass is 154 g/mol. The van der Waals surface area contributed by atoms with Crippen molar-refractivity contribution in [3.63, 3.8) is 0 Å². The van der Waals surface area contributed by atoms with Crippen molar-refractivity contribution in [1.82, 2.24) is 0 Å². The highest BCUT2D eigenvalue weighted by Crippen LogP contribution is 2.54. The van der Waals surface area contributed by atoms with Crippen LogP contribution in [0.3, 0.4) is 0 Å². The molecule has 0 saturated carbocycles. The van der Waals surface area contributed by atoms with Crippen molar-refractivity contribution in [2.45, 2.75) is 25.2 Å². The van der Waals surface area contributed by atoms with Gasteiger partial charge in [-0.05, 0) is 26.0 Å². The van der Waals surface area contributed by atoms with Crippen molar-refractivity contribution in [2.24, 2.45) is 0 Å². The summed E-state index contributed by atoms with van der Waals surface area (Å²) in [4.78, 5) is 0. The van der Waals surface area contributed by atoms with Crippen LogP contribution in [-0.2, 0) is 4.74 Å². The van der Waals surface area contributed by atoms with Crippen LogP contribution in [0, 0.1) is 0 Å². The Labute approximate surface area is 64.6 Å². The minimum atomic E-state index is -1.16. The van der Waals surface area contributed by atoms with Gasteiger partial charge in [-0.2, -0.15) is 0 Å². The van der Waals surface area contributed by atoms with Crippen molar-refractivity contribution in [3.05, 3.63) is 23.5 Å². The summed E-state index contributed by atoms with van der Waals surface area (Å²) in [6.07, 6.45) is 2.93. The van der Waals surface area contributed by atoms with Crippen molar-refractivity contribution in [2.75, 3.05) is 0 Å². The standard InChI is InChI=1S/C8H10O3/c1-5-6(9)3-4-8(10)7(5,2)11-8/h3-4,9-10H,1-2H3. The number of rotatable bonds is 0. The average molecular weight is 154 g/mol. The van der Waals surface area contributed by atoms with E-state index in [1.165, 1.54) is 12.2 Å². The predicted octanol–water partition coefficient (Wildman–Crippen LogP) is 0.866. The lowest BCUT2D eigenvalue weighted by Gasteiger charge is -2.13. The van der Waals surface area contributed by atoms with E-state index in [0.29, 0.717) is 5.57 Å². The van der Waals surface area contributed by atoms with Gasteiger partial charge in [-0.3, -0.25) is 0 Å². The molecule has 2 atom stereocenters. The molecule has 2 N–H and O–H groups in total. The van der Waals surface area contributed by atoms with Crippen LogP contribution in [0.25, 0.3) is 0 Å². The van der Waals surface area contributed by atoms with E-state index in [9.17, 15) is 10.2 Å². The van der Waals surface area contributed by atoms with Gasteiger partial charge in [0.05, 0.1) is 0 Å². The molecule has 11 heavy (non-hydrogen) atoms. The molecule has 3 heteroatoms. The Morgan fingerprint density at radius 1 is 1.55 bits per heavy atom. The molecular formula is C8H10O3. The first-order valence-electron chi connectivity index (χ1n) is 3.52. The molecule has 0 amide bonds. The van der Waals surface area contributed by atoms with Gasteiger partial charge >= 0.3 is 0 Å². The van der Waals surface area contributed by atoms with Gasteiger partial charge in [-0.25, -0.2) is 0 Å². The second-order valence-electron chi connectivity index (χ2n) is 3.18. The minimum absolute atomic E-state index is 0.190. The molecule has 2 aliphatic rings. The van der Waals surface area contributed by atoms with Crippen LogP contribution >= 0.6 is 0 Å². The molecule has 0 aromatic rings. The van der Waals surface area contributed by atoms with Crippen LogP contribution in [0.4, 0.5) is 0 Å².